The summed E-state index contributed by atoms with van der Waals surface area (Å²) in [5.41, 5.74) is 8.69. The van der Waals surface area contributed by atoms with Gasteiger partial charge in [0.2, 0.25) is 0 Å². The fourth-order valence-corrected chi connectivity index (χ4v) is 1.37. The van der Waals surface area contributed by atoms with Gasteiger partial charge in [-0.25, -0.2) is 0 Å². The van der Waals surface area contributed by atoms with Crippen molar-refractivity contribution < 1.29 is 4.92 Å². The number of hydrogen-bond donors (Lipinski definition) is 2. The Kier molecular flexibility index (Phi) is 4.55. The minimum Gasteiger partial charge on any atom is -0.375 e. The molecule has 1 rings (SSSR count). The van der Waals surface area contributed by atoms with Gasteiger partial charge in [0.05, 0.1) is 11.1 Å². The van der Waals surface area contributed by atoms with Gasteiger partial charge in [-0.05, 0) is 18.3 Å². The van der Waals surface area contributed by atoms with Crippen LogP contribution in [-0.4, -0.2) is 30.3 Å². The molecule has 3 N–H and O–H groups in total. The minimum absolute atomic E-state index is 0.0132. The Balaban J connectivity index is 3.04. The zero-order chi connectivity index (χ0) is 13.7. The molecule has 8 heteroatoms. The molecule has 0 unspecified atom stereocenters. The largest absolute Gasteiger partial charge is 0.375 e. The Hall–Kier alpha value is -2.22. The van der Waals surface area contributed by atoms with Gasteiger partial charge >= 0.3 is 0 Å². The molecule has 0 heterocycles. The third-order valence-electron chi connectivity index (χ3n) is 2.07. The first-order valence-corrected chi connectivity index (χ1v) is 5.37. The quantitative estimate of drug-likeness (QED) is 0.363. The van der Waals surface area contributed by atoms with Crippen molar-refractivity contribution in [2.24, 2.45) is 10.8 Å². The highest BCUT2D eigenvalue weighted by molar-refractivity contribution is 7.80. The van der Waals surface area contributed by atoms with Crippen molar-refractivity contribution in [3.05, 3.63) is 33.9 Å². The number of nitrogens with two attached hydrogens (primary N) is 1. The van der Waals surface area contributed by atoms with Crippen LogP contribution in [0, 0.1) is 10.1 Å². The number of hydrazone groups is 1. The van der Waals surface area contributed by atoms with Crippen molar-refractivity contribution >= 4 is 34.9 Å². The molecule has 1 aromatic rings. The summed E-state index contributed by atoms with van der Waals surface area (Å²) < 4.78 is 0. The molecular formula is C10H13N5O2S. The Labute approximate surface area is 109 Å². The first kappa shape index (κ1) is 13.8. The number of anilines is 1. The van der Waals surface area contributed by atoms with Crippen molar-refractivity contribution in [2.75, 3.05) is 19.0 Å². The second kappa shape index (κ2) is 5.92. The van der Waals surface area contributed by atoms with Crippen molar-refractivity contribution in [2.45, 2.75) is 0 Å². The maximum Gasteiger partial charge on any atom is 0.293 e. The molecule has 0 bridgehead atoms. The van der Waals surface area contributed by atoms with E-state index in [-0.39, 0.29) is 10.8 Å². The monoisotopic (exact) mass is 267 g/mol. The molecule has 18 heavy (non-hydrogen) atoms. The van der Waals surface area contributed by atoms with E-state index in [4.69, 9.17) is 5.73 Å². The van der Waals surface area contributed by atoms with Crippen LogP contribution in [0.3, 0.4) is 0 Å². The zero-order valence-corrected chi connectivity index (χ0v) is 10.8. The van der Waals surface area contributed by atoms with E-state index in [9.17, 15) is 10.1 Å². The molecule has 1 aromatic carbocycles. The summed E-state index contributed by atoms with van der Waals surface area (Å²) in [7, 11) is 3.48. The summed E-state index contributed by atoms with van der Waals surface area (Å²) in [6, 6.07) is 4.80. The lowest BCUT2D eigenvalue weighted by Gasteiger charge is -2.12. The van der Waals surface area contributed by atoms with Crippen LogP contribution in [0.4, 0.5) is 11.4 Å². The second-order valence-corrected chi connectivity index (χ2v) is 4.07. The summed E-state index contributed by atoms with van der Waals surface area (Å²) in [5.74, 6) is 0. The molecule has 0 aliphatic heterocycles. The van der Waals surface area contributed by atoms with E-state index >= 15 is 0 Å². The van der Waals surface area contributed by atoms with Crippen LogP contribution >= 0.6 is 12.2 Å². The van der Waals surface area contributed by atoms with Crippen molar-refractivity contribution in [3.63, 3.8) is 0 Å². The highest BCUT2D eigenvalue weighted by Gasteiger charge is 2.15. The predicted octanol–water partition coefficient (Wildman–Crippen LogP) is 0.828. The van der Waals surface area contributed by atoms with Crippen molar-refractivity contribution in [1.82, 2.24) is 5.43 Å². The Morgan fingerprint density at radius 2 is 2.28 bits per heavy atom. The molecule has 7 nitrogen and oxygen atoms in total. The standard InChI is InChI=1S/C10H13N5O2S/c1-14(2)8-4-3-7(5-9(8)15(16)17)6-12-13-10(11)18/h3-6H,1-2H3,(H3,11,13,18)/b12-6-. The van der Waals surface area contributed by atoms with E-state index in [1.165, 1.54) is 12.3 Å². The topological polar surface area (TPSA) is 96.8 Å². The molecular weight excluding hydrogens is 254 g/mol. The van der Waals surface area contributed by atoms with Crippen LogP contribution < -0.4 is 16.1 Å². The first-order chi connectivity index (χ1) is 8.41. The molecule has 0 spiro atoms. The lowest BCUT2D eigenvalue weighted by Crippen LogP contribution is -2.24. The normalized spacial score (nSPS) is 10.3. The lowest BCUT2D eigenvalue weighted by atomic mass is 10.2. The van der Waals surface area contributed by atoms with Crippen molar-refractivity contribution in [1.29, 1.82) is 0 Å². The number of nitrogens with zero attached hydrogens (tertiary/aromatic N) is 3. The van der Waals surface area contributed by atoms with Crippen LogP contribution in [-0.2, 0) is 0 Å². The van der Waals surface area contributed by atoms with E-state index in [0.29, 0.717) is 11.3 Å². The third-order valence-corrected chi connectivity index (χ3v) is 2.16. The fraction of sp³-hybridized carbons (Fsp3) is 0.200. The smallest absolute Gasteiger partial charge is 0.293 e. The predicted molar refractivity (Wildman–Crippen MR) is 74.9 cm³/mol. The van der Waals surface area contributed by atoms with Gasteiger partial charge in [-0.2, -0.15) is 5.10 Å². The van der Waals surface area contributed by atoms with Crippen LogP contribution in [0.25, 0.3) is 0 Å². The van der Waals surface area contributed by atoms with Crippen LogP contribution in [0.15, 0.2) is 23.3 Å². The molecule has 0 aromatic heterocycles. The van der Waals surface area contributed by atoms with Crippen molar-refractivity contribution in [3.8, 4) is 0 Å². The van der Waals surface area contributed by atoms with Gasteiger partial charge in [0.15, 0.2) is 5.11 Å². The summed E-state index contributed by atoms with van der Waals surface area (Å²) >= 11 is 4.57. The molecule has 0 radical (unpaired) electrons. The van der Waals surface area contributed by atoms with E-state index in [0.717, 1.165) is 0 Å². The lowest BCUT2D eigenvalue weighted by molar-refractivity contribution is -0.384. The van der Waals surface area contributed by atoms with E-state index in [1.807, 2.05) is 0 Å². The SMILES string of the molecule is CN(C)c1ccc(/C=N\NC(N)=S)cc1[N+](=O)[O-]. The van der Waals surface area contributed by atoms with Crippen LogP contribution in [0.1, 0.15) is 5.56 Å². The summed E-state index contributed by atoms with van der Waals surface area (Å²) in [6.45, 7) is 0. The highest BCUT2D eigenvalue weighted by atomic mass is 32.1. The summed E-state index contributed by atoms with van der Waals surface area (Å²) in [6.07, 6.45) is 1.41. The number of nitrogens with one attached hydrogen (secondary N) is 1. The number of nitro groups is 1. The number of hydrogen-bond acceptors (Lipinski definition) is 5. The van der Waals surface area contributed by atoms with Gasteiger partial charge in [-0.3, -0.25) is 15.5 Å². The average molecular weight is 267 g/mol. The third kappa shape index (κ3) is 3.67. The fourth-order valence-electron chi connectivity index (χ4n) is 1.32. The van der Waals surface area contributed by atoms with Gasteiger partial charge in [0, 0.05) is 25.7 Å². The Morgan fingerprint density at radius 1 is 1.61 bits per heavy atom. The number of benzene rings is 1. The number of rotatable bonds is 4. The van der Waals surface area contributed by atoms with Crippen LogP contribution in [0.5, 0.6) is 0 Å². The minimum atomic E-state index is -0.437. The van der Waals surface area contributed by atoms with E-state index < -0.39 is 4.92 Å². The number of thiocarbonyl (C=S) groups is 1. The molecule has 0 saturated carbocycles. The average Bonchev–Trinajstić information content (AvgIpc) is 2.28. The molecule has 0 atom stereocenters. The van der Waals surface area contributed by atoms with Gasteiger partial charge in [-0.15, -0.1) is 0 Å². The molecule has 0 aliphatic rings. The summed E-state index contributed by atoms with van der Waals surface area (Å²) in [4.78, 5) is 12.2. The second-order valence-electron chi connectivity index (χ2n) is 3.63. The molecule has 0 aliphatic carbocycles. The number of nitro benzene ring substituents is 1. The summed E-state index contributed by atoms with van der Waals surface area (Å²) in [5, 5.41) is 14.7. The molecule has 0 saturated heterocycles. The maximum atomic E-state index is 10.9. The van der Waals surface area contributed by atoms with Gasteiger partial charge < -0.3 is 10.6 Å². The maximum absolute atomic E-state index is 10.9. The Morgan fingerprint density at radius 3 is 2.78 bits per heavy atom. The zero-order valence-electron chi connectivity index (χ0n) is 9.95. The van der Waals surface area contributed by atoms with Gasteiger partial charge in [0.25, 0.3) is 5.69 Å². The van der Waals surface area contributed by atoms with Gasteiger partial charge in [0.1, 0.15) is 5.69 Å². The molecule has 0 amide bonds. The van der Waals surface area contributed by atoms with E-state index in [2.05, 4.69) is 22.7 Å². The first-order valence-electron chi connectivity index (χ1n) is 4.96. The van der Waals surface area contributed by atoms with E-state index in [1.54, 1.807) is 31.1 Å². The Bertz CT molecular complexity index is 501. The van der Waals surface area contributed by atoms with Gasteiger partial charge in [-0.1, -0.05) is 6.07 Å². The van der Waals surface area contributed by atoms with Crippen LogP contribution in [0.2, 0.25) is 0 Å². The molecule has 96 valence electrons. The molecule has 0 fully saturated rings. The highest BCUT2D eigenvalue weighted by Crippen LogP contribution is 2.26.